The van der Waals surface area contributed by atoms with Crippen molar-refractivity contribution in [3.63, 3.8) is 0 Å². The second-order valence-electron chi connectivity index (χ2n) is 7.79. The summed E-state index contributed by atoms with van der Waals surface area (Å²) in [6, 6.07) is -15.2. The number of benzene rings is 6. The fraction of sp³-hybridized carbons (Fsp3) is 0. The molecule has 6 aromatic carbocycles. The van der Waals surface area contributed by atoms with Gasteiger partial charge in [-0.3, -0.25) is 0 Å². The zero-order chi connectivity index (χ0) is 41.0. The molecule has 8 aromatic rings. The van der Waals surface area contributed by atoms with Gasteiger partial charge in [0, 0.05) is 27.3 Å². The van der Waals surface area contributed by atoms with Crippen molar-refractivity contribution in [3.05, 3.63) is 121 Å². The van der Waals surface area contributed by atoms with Gasteiger partial charge in [0.15, 0.2) is 0 Å². The van der Waals surface area contributed by atoms with Crippen LogP contribution in [0.1, 0.15) is 27.4 Å². The molecule has 2 nitrogen and oxygen atoms in total. The van der Waals surface area contributed by atoms with E-state index in [9.17, 15) is 5.48 Å². The summed E-state index contributed by atoms with van der Waals surface area (Å²) in [5, 5.41) is -3.34. The summed E-state index contributed by atoms with van der Waals surface area (Å²) < 4.78 is 187. The maximum atomic E-state index is 9.28. The highest BCUT2D eigenvalue weighted by Crippen LogP contribution is 2.48. The molecule has 0 unspecified atom stereocenters. The first-order valence-corrected chi connectivity index (χ1v) is 10.6. The predicted octanol–water partition coefficient (Wildman–Crippen LogP) is 9.97. The van der Waals surface area contributed by atoms with Crippen LogP contribution >= 0.6 is 0 Å². The van der Waals surface area contributed by atoms with Gasteiger partial charge in [0.2, 0.25) is 0 Å². The average Bonchev–Trinajstić information content (AvgIpc) is 3.72. The Balaban J connectivity index is 1.84. The Kier molecular flexibility index (Phi) is 1.71. The summed E-state index contributed by atoms with van der Waals surface area (Å²) in [7, 11) is 0. The van der Waals surface area contributed by atoms with Crippen LogP contribution < -0.4 is 0 Å². The van der Waals surface area contributed by atoms with E-state index in [1.165, 1.54) is 0 Å². The lowest BCUT2D eigenvalue weighted by Crippen LogP contribution is -1.91. The van der Waals surface area contributed by atoms with Crippen LogP contribution in [-0.4, -0.2) is 0 Å². The molecule has 168 valence electrons. The van der Waals surface area contributed by atoms with Gasteiger partial charge in [0.1, 0.15) is 18.1 Å². The average molecular weight is 481 g/mol. The Morgan fingerprint density at radius 1 is 0.444 bits per heavy atom. The topological polar surface area (TPSA) is 26.3 Å². The summed E-state index contributed by atoms with van der Waals surface area (Å²) in [6.07, 6.45) is -0.804. The monoisotopic (exact) mass is 480 g/mol. The third kappa shape index (κ3) is 2.61. The zero-order valence-corrected chi connectivity index (χ0v) is 17.8. The maximum Gasteiger partial charge on any atom is 0.144 e. The quantitative estimate of drug-likeness (QED) is 0.230. The molecule has 0 aliphatic carbocycles. The SMILES string of the molecule is [2H]c1oc2c([2H])c3c(oc4c([2H])c([2H])c([2H])c([2H])c43)c(-c3c4c([2H])c([2H])c([2H])c([2H])c4c(-c4c([2H])c([2H])c([2H])c([2H])c4[2H])c4c([2H])c([2H])c([2H])c([2H])c34)c2c1[2H]. The summed E-state index contributed by atoms with van der Waals surface area (Å²) in [5.74, 6) is 0. The Morgan fingerprint density at radius 2 is 1.03 bits per heavy atom. The van der Waals surface area contributed by atoms with Gasteiger partial charge in [0.05, 0.1) is 32.3 Å². The predicted molar refractivity (Wildman–Crippen MR) is 149 cm³/mol. The fourth-order valence-corrected chi connectivity index (χ4v) is 4.58. The Hall–Kier alpha value is -4.82. The second-order valence-corrected chi connectivity index (χ2v) is 7.79. The molecule has 0 atom stereocenters. The lowest BCUT2D eigenvalue weighted by molar-refractivity contribution is 0.616. The molecule has 0 aliphatic heterocycles. The van der Waals surface area contributed by atoms with Crippen LogP contribution in [0.2, 0.25) is 0 Å². The number of fused-ring (bicyclic) bond motifs is 6. The molecule has 2 heteroatoms. The zero-order valence-electron chi connectivity index (χ0n) is 37.8. The lowest BCUT2D eigenvalue weighted by Gasteiger charge is -2.18. The number of para-hydroxylation sites is 1. The molecule has 0 saturated carbocycles. The molecule has 0 N–H and O–H groups in total. The second kappa shape index (κ2) is 7.34. The van der Waals surface area contributed by atoms with Gasteiger partial charge in [-0.05, 0) is 50.8 Å². The number of furan rings is 2. The van der Waals surface area contributed by atoms with E-state index in [0.29, 0.717) is 0 Å². The van der Waals surface area contributed by atoms with Crippen LogP contribution in [0.3, 0.4) is 0 Å². The van der Waals surface area contributed by atoms with Crippen LogP contribution in [0.4, 0.5) is 0 Å². The molecule has 0 aliphatic rings. The molecular weight excluding hydrogens is 440 g/mol. The van der Waals surface area contributed by atoms with Gasteiger partial charge < -0.3 is 8.83 Å². The highest BCUT2D eigenvalue weighted by molar-refractivity contribution is 6.28. The van der Waals surface area contributed by atoms with E-state index in [1.807, 2.05) is 0 Å². The molecular formula is C34H20O2. The number of hydrogen-bond acceptors (Lipinski definition) is 2. The Bertz CT molecular complexity index is 3090. The summed E-state index contributed by atoms with van der Waals surface area (Å²) in [6.45, 7) is 0. The summed E-state index contributed by atoms with van der Waals surface area (Å²) in [4.78, 5) is 0. The molecule has 0 spiro atoms. The molecule has 36 heavy (non-hydrogen) atoms. The van der Waals surface area contributed by atoms with Crippen LogP contribution in [0.25, 0.3) is 76.7 Å². The molecule has 8 rings (SSSR count). The fourth-order valence-electron chi connectivity index (χ4n) is 4.58. The van der Waals surface area contributed by atoms with Crippen molar-refractivity contribution in [1.82, 2.24) is 0 Å². The molecule has 0 bridgehead atoms. The van der Waals surface area contributed by atoms with E-state index in [-0.39, 0.29) is 10.8 Å². The van der Waals surface area contributed by atoms with E-state index in [4.69, 9.17) is 30.8 Å². The van der Waals surface area contributed by atoms with E-state index < -0.39 is 187 Å². The van der Waals surface area contributed by atoms with Crippen LogP contribution in [-0.2, 0) is 0 Å². The molecule has 0 fully saturated rings. The minimum Gasteiger partial charge on any atom is -0.464 e. The molecule has 0 amide bonds. The van der Waals surface area contributed by atoms with Crippen molar-refractivity contribution in [1.29, 1.82) is 0 Å². The van der Waals surface area contributed by atoms with Crippen LogP contribution in [0.15, 0.2) is 130 Å². The van der Waals surface area contributed by atoms with Crippen LogP contribution in [0.5, 0.6) is 0 Å². The highest BCUT2D eigenvalue weighted by Gasteiger charge is 2.23. The van der Waals surface area contributed by atoms with Gasteiger partial charge >= 0.3 is 0 Å². The molecule has 2 heterocycles. The van der Waals surface area contributed by atoms with Gasteiger partial charge in [-0.2, -0.15) is 0 Å². The third-order valence-corrected chi connectivity index (χ3v) is 5.98. The van der Waals surface area contributed by atoms with Crippen LogP contribution in [0, 0.1) is 0 Å². The largest absolute Gasteiger partial charge is 0.464 e. The third-order valence-electron chi connectivity index (χ3n) is 5.98. The lowest BCUT2D eigenvalue weighted by atomic mass is 9.85. The maximum absolute atomic E-state index is 9.28. The van der Waals surface area contributed by atoms with Gasteiger partial charge in [-0.15, -0.1) is 0 Å². The van der Waals surface area contributed by atoms with Crippen molar-refractivity contribution < 1.29 is 36.2 Å². The minimum absolute atomic E-state index is 0.332. The summed E-state index contributed by atoms with van der Waals surface area (Å²) in [5.41, 5.74) is -3.63. The molecule has 0 saturated heterocycles. The Morgan fingerprint density at radius 3 is 1.72 bits per heavy atom. The Labute approximate surface area is 235 Å². The minimum atomic E-state index is -0.871. The van der Waals surface area contributed by atoms with Crippen molar-refractivity contribution >= 4 is 54.5 Å². The smallest absolute Gasteiger partial charge is 0.144 e. The number of hydrogen-bond donors (Lipinski definition) is 0. The van der Waals surface area contributed by atoms with E-state index in [1.54, 1.807) is 0 Å². The van der Waals surface area contributed by atoms with Gasteiger partial charge in [0.25, 0.3) is 0 Å². The van der Waals surface area contributed by atoms with E-state index in [0.717, 1.165) is 0 Å². The van der Waals surface area contributed by atoms with E-state index >= 15 is 0 Å². The van der Waals surface area contributed by atoms with Crippen molar-refractivity contribution in [2.24, 2.45) is 0 Å². The summed E-state index contributed by atoms with van der Waals surface area (Å²) >= 11 is 0. The van der Waals surface area contributed by atoms with Gasteiger partial charge in [-0.1, -0.05) is 96.7 Å². The first kappa shape index (κ1) is 8.39. The normalized spacial score (nSPS) is 19.7. The molecule has 0 radical (unpaired) electrons. The number of rotatable bonds is 2. The van der Waals surface area contributed by atoms with E-state index in [2.05, 4.69) is 0 Å². The standard InChI is InChI=1S/C34H20O2/c1-2-10-21(11-3-1)31-23-13-4-6-15-25(23)32(26-16-7-5-14-24(26)31)33-27-18-19-35-30(27)20-28-22-12-8-9-17-29(22)36-34(28)33/h1-20H/i1D,2D,3D,4D,5D,6D,7D,8D,9D,10D,11D,12D,13D,14D,15D,16D,17D,18D,19D,20D. The molecule has 2 aromatic heterocycles. The van der Waals surface area contributed by atoms with Crippen molar-refractivity contribution in [3.8, 4) is 22.3 Å². The highest BCUT2D eigenvalue weighted by atomic mass is 16.3. The van der Waals surface area contributed by atoms with Gasteiger partial charge in [-0.25, -0.2) is 0 Å². The van der Waals surface area contributed by atoms with Crippen molar-refractivity contribution in [2.75, 3.05) is 0 Å². The first-order chi connectivity index (χ1) is 26.2. The van der Waals surface area contributed by atoms with Crippen molar-refractivity contribution in [2.45, 2.75) is 0 Å². The first-order valence-electron chi connectivity index (χ1n) is 20.6.